The predicted molar refractivity (Wildman–Crippen MR) is 113 cm³/mol. The molecule has 0 atom stereocenters. The second-order valence-electron chi connectivity index (χ2n) is 5.92. The van der Waals surface area contributed by atoms with Gasteiger partial charge in [0.15, 0.2) is 18.1 Å². The lowest BCUT2D eigenvalue weighted by molar-refractivity contribution is -0.383. The SMILES string of the molecule is CCOc1cc(Br)c(CC(=O)OCC(=O)Nc2ccccc2[N+](=O)[O-])cc1OCC. The van der Waals surface area contributed by atoms with E-state index in [1.165, 1.54) is 18.2 Å². The quantitative estimate of drug-likeness (QED) is 0.311. The van der Waals surface area contributed by atoms with E-state index >= 15 is 0 Å². The first-order chi connectivity index (χ1) is 14.3. The molecule has 1 amide bonds. The van der Waals surface area contributed by atoms with Crippen LogP contribution in [0.5, 0.6) is 11.5 Å². The summed E-state index contributed by atoms with van der Waals surface area (Å²) in [5.74, 6) is -0.273. The Morgan fingerprint density at radius 1 is 1.10 bits per heavy atom. The van der Waals surface area contributed by atoms with E-state index in [0.29, 0.717) is 34.7 Å². The number of benzene rings is 2. The second kappa shape index (κ2) is 11.1. The van der Waals surface area contributed by atoms with E-state index in [0.717, 1.165) is 0 Å². The van der Waals surface area contributed by atoms with Gasteiger partial charge in [0.1, 0.15) is 5.69 Å². The zero-order valence-electron chi connectivity index (χ0n) is 16.5. The van der Waals surface area contributed by atoms with Crippen molar-refractivity contribution in [2.45, 2.75) is 20.3 Å². The van der Waals surface area contributed by atoms with Crippen LogP contribution in [0.4, 0.5) is 11.4 Å². The lowest BCUT2D eigenvalue weighted by Crippen LogP contribution is -2.22. The van der Waals surface area contributed by atoms with Gasteiger partial charge in [-0.05, 0) is 37.6 Å². The topological polar surface area (TPSA) is 117 Å². The highest BCUT2D eigenvalue weighted by molar-refractivity contribution is 9.10. The van der Waals surface area contributed by atoms with E-state index in [1.54, 1.807) is 18.2 Å². The molecule has 0 aliphatic heterocycles. The maximum absolute atomic E-state index is 12.2. The number of hydrogen-bond donors (Lipinski definition) is 1. The first kappa shape index (κ1) is 23.1. The highest BCUT2D eigenvalue weighted by Gasteiger charge is 2.17. The van der Waals surface area contributed by atoms with E-state index in [9.17, 15) is 19.7 Å². The Kier molecular flexibility index (Phi) is 8.60. The summed E-state index contributed by atoms with van der Waals surface area (Å²) < 4.78 is 16.7. The number of nitro benzene ring substituents is 1. The zero-order valence-corrected chi connectivity index (χ0v) is 18.1. The van der Waals surface area contributed by atoms with E-state index in [1.807, 2.05) is 13.8 Å². The number of nitrogens with one attached hydrogen (secondary N) is 1. The lowest BCUT2D eigenvalue weighted by atomic mass is 10.1. The van der Waals surface area contributed by atoms with Crippen molar-refractivity contribution in [1.29, 1.82) is 0 Å². The summed E-state index contributed by atoms with van der Waals surface area (Å²) in [6, 6.07) is 9.07. The van der Waals surface area contributed by atoms with Crippen molar-refractivity contribution >= 4 is 39.2 Å². The number of hydrogen-bond acceptors (Lipinski definition) is 7. The number of nitrogens with zero attached hydrogens (tertiary/aromatic N) is 1. The van der Waals surface area contributed by atoms with Gasteiger partial charge >= 0.3 is 5.97 Å². The third-order valence-corrected chi connectivity index (χ3v) is 4.52. The third-order valence-electron chi connectivity index (χ3n) is 3.79. The van der Waals surface area contributed by atoms with Crippen LogP contribution in [0.3, 0.4) is 0 Å². The molecule has 0 aliphatic rings. The Hall–Kier alpha value is -3.14. The Morgan fingerprint density at radius 2 is 1.73 bits per heavy atom. The molecule has 9 nitrogen and oxygen atoms in total. The van der Waals surface area contributed by atoms with Gasteiger partial charge in [0, 0.05) is 10.5 Å². The lowest BCUT2D eigenvalue weighted by Gasteiger charge is -2.14. The molecule has 0 fully saturated rings. The van der Waals surface area contributed by atoms with Gasteiger partial charge in [-0.1, -0.05) is 28.1 Å². The molecule has 0 spiro atoms. The molecule has 0 saturated heterocycles. The molecule has 2 rings (SSSR count). The predicted octanol–water partition coefficient (Wildman–Crippen LogP) is 3.88. The minimum absolute atomic E-state index is 0.0270. The van der Waals surface area contributed by atoms with Crippen molar-refractivity contribution in [3.05, 3.63) is 56.5 Å². The summed E-state index contributed by atoms with van der Waals surface area (Å²) >= 11 is 3.39. The molecule has 2 aromatic rings. The summed E-state index contributed by atoms with van der Waals surface area (Å²) in [6.45, 7) is 4.00. The molecule has 160 valence electrons. The van der Waals surface area contributed by atoms with Gasteiger partial charge in [-0.3, -0.25) is 19.7 Å². The smallest absolute Gasteiger partial charge is 0.310 e. The zero-order chi connectivity index (χ0) is 22.1. The van der Waals surface area contributed by atoms with Crippen LogP contribution < -0.4 is 14.8 Å². The van der Waals surface area contributed by atoms with Crippen molar-refractivity contribution in [2.75, 3.05) is 25.1 Å². The Bertz CT molecular complexity index is 933. The minimum Gasteiger partial charge on any atom is -0.490 e. The Labute approximate surface area is 181 Å². The first-order valence-corrected chi connectivity index (χ1v) is 9.91. The number of amides is 1. The normalized spacial score (nSPS) is 10.2. The number of ether oxygens (including phenoxy) is 3. The van der Waals surface area contributed by atoms with E-state index in [4.69, 9.17) is 14.2 Å². The third kappa shape index (κ3) is 6.45. The molecule has 0 radical (unpaired) electrons. The molecular formula is C20H21BrN2O7. The summed E-state index contributed by atoms with van der Waals surface area (Å²) in [5, 5.41) is 13.4. The summed E-state index contributed by atoms with van der Waals surface area (Å²) in [6.07, 6.45) is -0.105. The van der Waals surface area contributed by atoms with Gasteiger partial charge in [-0.2, -0.15) is 0 Å². The van der Waals surface area contributed by atoms with Gasteiger partial charge in [0.2, 0.25) is 0 Å². The van der Waals surface area contributed by atoms with Gasteiger partial charge in [0.05, 0.1) is 24.6 Å². The number of halogens is 1. The average Bonchev–Trinajstić information content (AvgIpc) is 2.70. The largest absolute Gasteiger partial charge is 0.490 e. The average molecular weight is 481 g/mol. The highest BCUT2D eigenvalue weighted by Crippen LogP contribution is 2.34. The molecule has 10 heteroatoms. The number of para-hydroxylation sites is 2. The fourth-order valence-electron chi connectivity index (χ4n) is 2.53. The molecular weight excluding hydrogens is 460 g/mol. The highest BCUT2D eigenvalue weighted by atomic mass is 79.9. The summed E-state index contributed by atoms with van der Waals surface area (Å²) in [5.41, 5.74) is 0.379. The molecule has 0 heterocycles. The minimum atomic E-state index is -0.682. The number of carbonyl (C=O) groups excluding carboxylic acids is 2. The maximum Gasteiger partial charge on any atom is 0.310 e. The van der Waals surface area contributed by atoms with Gasteiger partial charge in [-0.25, -0.2) is 0 Å². The Morgan fingerprint density at radius 3 is 2.37 bits per heavy atom. The Balaban J connectivity index is 1.98. The fraction of sp³-hybridized carbons (Fsp3) is 0.300. The molecule has 0 unspecified atom stereocenters. The van der Waals surface area contributed by atoms with E-state index in [2.05, 4.69) is 21.2 Å². The standard InChI is InChI=1S/C20H21BrN2O7/c1-3-28-17-9-13(14(21)11-18(17)29-4-2)10-20(25)30-12-19(24)22-15-7-5-6-8-16(15)23(26)27/h5-9,11H,3-4,10,12H2,1-2H3,(H,22,24). The van der Waals surface area contributed by atoms with Crippen LogP contribution in [0.1, 0.15) is 19.4 Å². The number of rotatable bonds is 10. The summed E-state index contributed by atoms with van der Waals surface area (Å²) in [7, 11) is 0. The number of anilines is 1. The van der Waals surface area contributed by atoms with Crippen LogP contribution in [-0.2, 0) is 20.7 Å². The van der Waals surface area contributed by atoms with Crippen molar-refractivity contribution in [3.63, 3.8) is 0 Å². The molecule has 0 aliphatic carbocycles. The first-order valence-electron chi connectivity index (χ1n) is 9.12. The van der Waals surface area contributed by atoms with Crippen LogP contribution in [0.2, 0.25) is 0 Å². The van der Waals surface area contributed by atoms with E-state index in [-0.39, 0.29) is 17.8 Å². The number of carbonyl (C=O) groups is 2. The molecule has 0 bridgehead atoms. The number of nitro groups is 1. The monoisotopic (exact) mass is 480 g/mol. The molecule has 0 aromatic heterocycles. The molecule has 1 N–H and O–H groups in total. The molecule has 2 aromatic carbocycles. The van der Waals surface area contributed by atoms with E-state index < -0.39 is 23.4 Å². The number of esters is 1. The van der Waals surface area contributed by atoms with Crippen LogP contribution in [0.25, 0.3) is 0 Å². The van der Waals surface area contributed by atoms with Crippen molar-refractivity contribution < 1.29 is 28.7 Å². The van der Waals surface area contributed by atoms with Crippen LogP contribution in [0, 0.1) is 10.1 Å². The van der Waals surface area contributed by atoms with Crippen molar-refractivity contribution in [3.8, 4) is 11.5 Å². The van der Waals surface area contributed by atoms with Crippen molar-refractivity contribution in [1.82, 2.24) is 0 Å². The van der Waals surface area contributed by atoms with Gasteiger partial charge < -0.3 is 19.5 Å². The van der Waals surface area contributed by atoms with Gasteiger partial charge in [-0.15, -0.1) is 0 Å². The van der Waals surface area contributed by atoms with Crippen molar-refractivity contribution in [2.24, 2.45) is 0 Å². The van der Waals surface area contributed by atoms with Crippen LogP contribution in [-0.4, -0.2) is 36.6 Å². The van der Waals surface area contributed by atoms with Crippen LogP contribution >= 0.6 is 15.9 Å². The summed E-state index contributed by atoms with van der Waals surface area (Å²) in [4.78, 5) is 34.6. The van der Waals surface area contributed by atoms with Gasteiger partial charge in [0.25, 0.3) is 11.6 Å². The fourth-order valence-corrected chi connectivity index (χ4v) is 2.99. The maximum atomic E-state index is 12.2. The second-order valence-corrected chi connectivity index (χ2v) is 6.77. The molecule has 30 heavy (non-hydrogen) atoms. The van der Waals surface area contributed by atoms with Crippen LogP contribution in [0.15, 0.2) is 40.9 Å². The molecule has 0 saturated carbocycles.